The summed E-state index contributed by atoms with van der Waals surface area (Å²) < 4.78 is 0. The SMILES string of the molecule is C[C@H](CCC(=O)O)[C@@H](C)[C@@]1(C)[C@@H](O)C[C@H]2[C@@H](CC[C@@H]3C[C@H](O)CC[C@@]32C)[C@@H]1C. The zero-order valence-electron chi connectivity index (χ0n) is 18.5. The number of fused-ring (bicyclic) bond motifs is 3. The highest BCUT2D eigenvalue weighted by Gasteiger charge is 2.60. The average molecular weight is 395 g/mol. The third kappa shape index (κ3) is 3.53. The molecule has 3 rings (SSSR count). The zero-order valence-corrected chi connectivity index (χ0v) is 18.5. The van der Waals surface area contributed by atoms with Gasteiger partial charge in [0.25, 0.3) is 0 Å². The summed E-state index contributed by atoms with van der Waals surface area (Å²) in [5, 5.41) is 30.7. The van der Waals surface area contributed by atoms with E-state index in [0.717, 1.165) is 25.7 Å². The van der Waals surface area contributed by atoms with E-state index in [1.54, 1.807) is 0 Å². The van der Waals surface area contributed by atoms with Crippen molar-refractivity contribution in [1.82, 2.24) is 0 Å². The van der Waals surface area contributed by atoms with Crippen LogP contribution in [0.15, 0.2) is 0 Å². The first-order chi connectivity index (χ1) is 13.0. The molecule has 0 heterocycles. The van der Waals surface area contributed by atoms with Crippen molar-refractivity contribution in [1.29, 1.82) is 0 Å². The lowest BCUT2D eigenvalue weighted by Gasteiger charge is -2.63. The standard InChI is InChI=1S/C24H42O4/c1-14(6-9-22(27)28)15(2)24(5)16(3)19-8-7-17-12-18(25)10-11-23(17,4)20(19)13-21(24)26/h14-21,25-26H,6-13H2,1-5H3,(H,27,28)/t14-,15-,16+,17-,18-,19+,20+,21+,23+,24-/m1/s1. The largest absolute Gasteiger partial charge is 0.481 e. The molecule has 4 nitrogen and oxygen atoms in total. The van der Waals surface area contributed by atoms with Crippen molar-refractivity contribution in [3.63, 3.8) is 0 Å². The Hall–Kier alpha value is -0.610. The lowest BCUT2D eigenvalue weighted by molar-refractivity contribution is -0.185. The smallest absolute Gasteiger partial charge is 0.303 e. The third-order valence-electron chi connectivity index (χ3n) is 10.2. The molecule has 3 fully saturated rings. The van der Waals surface area contributed by atoms with Crippen molar-refractivity contribution in [2.75, 3.05) is 0 Å². The molecule has 10 atom stereocenters. The van der Waals surface area contributed by atoms with Crippen molar-refractivity contribution >= 4 is 5.97 Å². The summed E-state index contributed by atoms with van der Waals surface area (Å²) >= 11 is 0. The van der Waals surface area contributed by atoms with E-state index in [1.807, 2.05) is 0 Å². The van der Waals surface area contributed by atoms with Crippen molar-refractivity contribution in [2.45, 2.75) is 98.2 Å². The second kappa shape index (κ2) is 7.91. The van der Waals surface area contributed by atoms with Gasteiger partial charge in [0.2, 0.25) is 0 Å². The van der Waals surface area contributed by atoms with Gasteiger partial charge in [0.15, 0.2) is 0 Å². The molecule has 162 valence electrons. The Labute approximate surface area is 171 Å². The first-order valence-corrected chi connectivity index (χ1v) is 11.6. The topological polar surface area (TPSA) is 77.8 Å². The average Bonchev–Trinajstić information content (AvgIpc) is 2.64. The Bertz CT molecular complexity index is 577. The second-order valence-corrected chi connectivity index (χ2v) is 11.1. The van der Waals surface area contributed by atoms with E-state index in [9.17, 15) is 15.0 Å². The number of hydrogen-bond donors (Lipinski definition) is 3. The van der Waals surface area contributed by atoms with Gasteiger partial charge in [-0.3, -0.25) is 4.79 Å². The van der Waals surface area contributed by atoms with E-state index in [-0.39, 0.29) is 41.3 Å². The van der Waals surface area contributed by atoms with Crippen LogP contribution in [0.4, 0.5) is 0 Å². The first-order valence-electron chi connectivity index (χ1n) is 11.6. The molecule has 0 bridgehead atoms. The van der Waals surface area contributed by atoms with E-state index >= 15 is 0 Å². The highest BCUT2D eigenvalue weighted by Crippen LogP contribution is 2.64. The lowest BCUT2D eigenvalue weighted by atomic mass is 9.42. The van der Waals surface area contributed by atoms with Gasteiger partial charge < -0.3 is 15.3 Å². The van der Waals surface area contributed by atoms with Gasteiger partial charge in [-0.05, 0) is 91.3 Å². The maximum absolute atomic E-state index is 11.4. The molecule has 0 aromatic carbocycles. The molecular formula is C24H42O4. The maximum Gasteiger partial charge on any atom is 0.303 e. The molecule has 3 aliphatic rings. The Balaban J connectivity index is 1.81. The highest BCUT2D eigenvalue weighted by molar-refractivity contribution is 5.66. The fraction of sp³-hybridized carbons (Fsp3) is 0.958. The van der Waals surface area contributed by atoms with Crippen LogP contribution in [-0.4, -0.2) is 33.5 Å². The Kier molecular flexibility index (Phi) is 6.23. The van der Waals surface area contributed by atoms with E-state index < -0.39 is 5.97 Å². The fourth-order valence-corrected chi connectivity index (χ4v) is 7.65. The van der Waals surface area contributed by atoms with Crippen LogP contribution < -0.4 is 0 Å². The number of carbonyl (C=O) groups is 1. The van der Waals surface area contributed by atoms with E-state index in [1.165, 1.54) is 12.8 Å². The maximum atomic E-state index is 11.4. The fourth-order valence-electron chi connectivity index (χ4n) is 7.65. The number of hydrogen-bond acceptors (Lipinski definition) is 3. The number of aliphatic carboxylic acids is 1. The summed E-state index contributed by atoms with van der Waals surface area (Å²) in [4.78, 5) is 11.0. The van der Waals surface area contributed by atoms with E-state index in [2.05, 4.69) is 34.6 Å². The summed E-state index contributed by atoms with van der Waals surface area (Å²) in [6.45, 7) is 11.4. The Morgan fingerprint density at radius 2 is 1.79 bits per heavy atom. The van der Waals surface area contributed by atoms with Gasteiger partial charge in [0.05, 0.1) is 12.2 Å². The highest BCUT2D eigenvalue weighted by atomic mass is 16.4. The molecule has 4 heteroatoms. The number of carboxylic acid groups (broad SMARTS) is 1. The molecule has 0 aliphatic heterocycles. The summed E-state index contributed by atoms with van der Waals surface area (Å²) in [6.07, 6.45) is 6.60. The zero-order chi connectivity index (χ0) is 20.9. The monoisotopic (exact) mass is 394 g/mol. The molecular weight excluding hydrogens is 352 g/mol. The van der Waals surface area contributed by atoms with Crippen LogP contribution in [0.2, 0.25) is 0 Å². The summed E-state index contributed by atoms with van der Waals surface area (Å²) in [6, 6.07) is 0. The van der Waals surface area contributed by atoms with E-state index in [4.69, 9.17) is 5.11 Å². The number of carboxylic acids is 1. The number of aliphatic hydroxyl groups is 2. The van der Waals surface area contributed by atoms with Gasteiger partial charge in [-0.1, -0.05) is 34.6 Å². The molecule has 3 saturated carbocycles. The minimum absolute atomic E-state index is 0.138. The second-order valence-electron chi connectivity index (χ2n) is 11.1. The Morgan fingerprint density at radius 1 is 1.11 bits per heavy atom. The molecule has 3 N–H and O–H groups in total. The van der Waals surface area contributed by atoms with Gasteiger partial charge in [0.1, 0.15) is 0 Å². The van der Waals surface area contributed by atoms with Crippen LogP contribution >= 0.6 is 0 Å². The van der Waals surface area contributed by atoms with Crippen molar-refractivity contribution in [2.24, 2.45) is 46.3 Å². The lowest BCUT2D eigenvalue weighted by Crippen LogP contribution is -2.60. The van der Waals surface area contributed by atoms with Crippen LogP contribution in [0, 0.1) is 46.3 Å². The van der Waals surface area contributed by atoms with Gasteiger partial charge in [0, 0.05) is 6.42 Å². The first kappa shape index (κ1) is 22.1. The third-order valence-corrected chi connectivity index (χ3v) is 10.2. The van der Waals surface area contributed by atoms with Crippen LogP contribution in [0.1, 0.15) is 86.0 Å². The van der Waals surface area contributed by atoms with Crippen molar-refractivity contribution < 1.29 is 20.1 Å². The Morgan fingerprint density at radius 3 is 2.43 bits per heavy atom. The van der Waals surface area contributed by atoms with Crippen LogP contribution in [0.25, 0.3) is 0 Å². The van der Waals surface area contributed by atoms with Gasteiger partial charge >= 0.3 is 5.97 Å². The van der Waals surface area contributed by atoms with Crippen LogP contribution in [0.3, 0.4) is 0 Å². The van der Waals surface area contributed by atoms with Gasteiger partial charge in [-0.2, -0.15) is 0 Å². The number of aliphatic hydroxyl groups excluding tert-OH is 2. The molecule has 0 spiro atoms. The summed E-state index contributed by atoms with van der Waals surface area (Å²) in [5.41, 5.74) is 0.0767. The van der Waals surface area contributed by atoms with Gasteiger partial charge in [-0.25, -0.2) is 0 Å². The molecule has 3 aliphatic carbocycles. The van der Waals surface area contributed by atoms with Crippen molar-refractivity contribution in [3.05, 3.63) is 0 Å². The summed E-state index contributed by atoms with van der Waals surface area (Å²) in [5.74, 6) is 2.02. The van der Waals surface area contributed by atoms with Crippen LogP contribution in [-0.2, 0) is 4.79 Å². The molecule has 0 unspecified atom stereocenters. The minimum atomic E-state index is -0.729. The molecule has 0 radical (unpaired) electrons. The summed E-state index contributed by atoms with van der Waals surface area (Å²) in [7, 11) is 0. The normalized spacial score (nSPS) is 48.2. The van der Waals surface area contributed by atoms with Crippen molar-refractivity contribution in [3.8, 4) is 0 Å². The molecule has 0 amide bonds. The van der Waals surface area contributed by atoms with Crippen LogP contribution in [0.5, 0.6) is 0 Å². The number of rotatable bonds is 5. The molecule has 28 heavy (non-hydrogen) atoms. The molecule has 0 aromatic heterocycles. The minimum Gasteiger partial charge on any atom is -0.481 e. The molecule has 0 aromatic rings. The van der Waals surface area contributed by atoms with Gasteiger partial charge in [-0.15, -0.1) is 0 Å². The quantitative estimate of drug-likeness (QED) is 0.630. The molecule has 0 saturated heterocycles. The predicted octanol–water partition coefficient (Wildman–Crippen LogP) is 4.72. The van der Waals surface area contributed by atoms with E-state index in [0.29, 0.717) is 30.1 Å². The predicted molar refractivity (Wildman–Crippen MR) is 111 cm³/mol.